The molecule has 1 atom stereocenters. The lowest BCUT2D eigenvalue weighted by Gasteiger charge is -2.29. The monoisotopic (exact) mass is 402 g/mol. The Morgan fingerprint density at radius 1 is 1.04 bits per heavy atom. The van der Waals surface area contributed by atoms with Gasteiger partial charge in [0.1, 0.15) is 11.9 Å². The molecule has 0 bridgehead atoms. The Kier molecular flexibility index (Phi) is 8.51. The third-order valence-electron chi connectivity index (χ3n) is 4.23. The van der Waals surface area contributed by atoms with Gasteiger partial charge in [0.2, 0.25) is 11.8 Å². The van der Waals surface area contributed by atoms with E-state index in [0.29, 0.717) is 11.3 Å². The van der Waals surface area contributed by atoms with Crippen LogP contribution in [0, 0.1) is 5.82 Å². The van der Waals surface area contributed by atoms with E-state index in [1.54, 1.807) is 25.1 Å². The first-order chi connectivity index (χ1) is 13.4. The molecule has 2 aromatic carbocycles. The average Bonchev–Trinajstić information content (AvgIpc) is 2.67. The Bertz CT molecular complexity index is 783. The smallest absolute Gasteiger partial charge is 0.242 e. The topological polar surface area (TPSA) is 49.4 Å². The highest BCUT2D eigenvalue weighted by Gasteiger charge is 2.27. The van der Waals surface area contributed by atoms with Crippen molar-refractivity contribution in [3.05, 3.63) is 71.5 Å². The zero-order chi connectivity index (χ0) is 20.5. The van der Waals surface area contributed by atoms with Crippen molar-refractivity contribution in [2.45, 2.75) is 45.2 Å². The summed E-state index contributed by atoms with van der Waals surface area (Å²) < 4.78 is 14.1. The fourth-order valence-electron chi connectivity index (χ4n) is 2.71. The molecule has 0 heterocycles. The lowest BCUT2D eigenvalue weighted by atomic mass is 10.1. The van der Waals surface area contributed by atoms with Crippen molar-refractivity contribution in [1.82, 2.24) is 10.2 Å². The molecule has 150 valence electrons. The van der Waals surface area contributed by atoms with Crippen LogP contribution in [0.3, 0.4) is 0 Å². The first kappa shape index (κ1) is 22.0. The number of amides is 2. The van der Waals surface area contributed by atoms with Crippen LogP contribution >= 0.6 is 11.8 Å². The Labute approximate surface area is 170 Å². The number of thioether (sulfide) groups is 1. The fourth-order valence-corrected chi connectivity index (χ4v) is 3.58. The molecule has 0 aliphatic carbocycles. The van der Waals surface area contributed by atoms with Crippen molar-refractivity contribution in [2.75, 3.05) is 5.75 Å². The van der Waals surface area contributed by atoms with E-state index in [-0.39, 0.29) is 36.0 Å². The van der Waals surface area contributed by atoms with Crippen LogP contribution in [0.5, 0.6) is 0 Å². The summed E-state index contributed by atoms with van der Waals surface area (Å²) in [5.41, 5.74) is 1.53. The van der Waals surface area contributed by atoms with Crippen molar-refractivity contribution in [2.24, 2.45) is 0 Å². The normalized spacial score (nSPS) is 11.9. The van der Waals surface area contributed by atoms with E-state index in [1.165, 1.54) is 22.7 Å². The summed E-state index contributed by atoms with van der Waals surface area (Å²) in [5, 5.41) is 2.83. The molecule has 0 aliphatic heterocycles. The summed E-state index contributed by atoms with van der Waals surface area (Å²) in [7, 11) is 0. The molecular weight excluding hydrogens is 375 g/mol. The van der Waals surface area contributed by atoms with Gasteiger partial charge in [-0.3, -0.25) is 9.59 Å². The zero-order valence-corrected chi connectivity index (χ0v) is 17.3. The molecule has 0 aliphatic rings. The minimum atomic E-state index is -0.688. The summed E-state index contributed by atoms with van der Waals surface area (Å²) in [6.45, 7) is 5.47. The number of nitrogens with one attached hydrogen (secondary N) is 1. The number of halogens is 1. The Hall–Kier alpha value is -2.34. The summed E-state index contributed by atoms with van der Waals surface area (Å²) >= 11 is 1.48. The number of carbonyl (C=O) groups excluding carboxylic acids is 2. The van der Waals surface area contributed by atoms with Gasteiger partial charge in [-0.1, -0.05) is 48.5 Å². The van der Waals surface area contributed by atoms with Gasteiger partial charge in [-0.2, -0.15) is 0 Å². The van der Waals surface area contributed by atoms with Gasteiger partial charge in [0.05, 0.1) is 5.75 Å². The number of hydrogen-bond donors (Lipinski definition) is 1. The third kappa shape index (κ3) is 6.68. The molecule has 0 aromatic heterocycles. The van der Waals surface area contributed by atoms with E-state index in [2.05, 4.69) is 5.32 Å². The summed E-state index contributed by atoms with van der Waals surface area (Å²) in [5.74, 6) is 0.118. The van der Waals surface area contributed by atoms with Crippen LogP contribution in [-0.4, -0.2) is 34.6 Å². The molecule has 0 radical (unpaired) electrons. The molecule has 6 heteroatoms. The average molecular weight is 403 g/mol. The standard InChI is InChI=1S/C22H27FN2O2S/c1-16(2)24-22(27)17(3)25(13-19-11-7-8-12-20(19)23)21(26)15-28-14-18-9-5-4-6-10-18/h4-12,16-17H,13-15H2,1-3H3,(H,24,27)/t17-/m1/s1. The zero-order valence-electron chi connectivity index (χ0n) is 16.5. The predicted octanol–water partition coefficient (Wildman–Crippen LogP) is 4.00. The maximum Gasteiger partial charge on any atom is 0.242 e. The van der Waals surface area contributed by atoms with E-state index in [4.69, 9.17) is 0 Å². The molecule has 0 saturated heterocycles. The molecule has 0 spiro atoms. The van der Waals surface area contributed by atoms with Gasteiger partial charge >= 0.3 is 0 Å². The molecule has 2 amide bonds. The Morgan fingerprint density at radius 2 is 1.68 bits per heavy atom. The maximum atomic E-state index is 14.1. The number of carbonyl (C=O) groups is 2. The highest BCUT2D eigenvalue weighted by molar-refractivity contribution is 7.99. The lowest BCUT2D eigenvalue weighted by Crippen LogP contribution is -2.49. The van der Waals surface area contributed by atoms with Crippen molar-refractivity contribution in [3.63, 3.8) is 0 Å². The predicted molar refractivity (Wildman–Crippen MR) is 112 cm³/mol. The van der Waals surface area contributed by atoms with Crippen LogP contribution in [0.25, 0.3) is 0 Å². The molecule has 0 fully saturated rings. The van der Waals surface area contributed by atoms with Crippen LogP contribution in [-0.2, 0) is 21.9 Å². The Morgan fingerprint density at radius 3 is 2.32 bits per heavy atom. The third-order valence-corrected chi connectivity index (χ3v) is 5.22. The molecular formula is C22H27FN2O2S. The summed E-state index contributed by atoms with van der Waals surface area (Å²) in [6.07, 6.45) is 0. The first-order valence-corrected chi connectivity index (χ1v) is 10.5. The van der Waals surface area contributed by atoms with Gasteiger partial charge < -0.3 is 10.2 Å². The molecule has 0 saturated carbocycles. The van der Waals surface area contributed by atoms with Crippen LogP contribution in [0.15, 0.2) is 54.6 Å². The van der Waals surface area contributed by atoms with Crippen molar-refractivity contribution >= 4 is 23.6 Å². The Balaban J connectivity index is 2.08. The van der Waals surface area contributed by atoms with E-state index in [0.717, 1.165) is 5.56 Å². The van der Waals surface area contributed by atoms with Crippen molar-refractivity contribution < 1.29 is 14.0 Å². The molecule has 1 N–H and O–H groups in total. The van der Waals surface area contributed by atoms with Gasteiger partial charge in [0, 0.05) is 23.9 Å². The largest absolute Gasteiger partial charge is 0.352 e. The minimum Gasteiger partial charge on any atom is -0.352 e. The molecule has 4 nitrogen and oxygen atoms in total. The highest BCUT2D eigenvalue weighted by atomic mass is 32.2. The summed E-state index contributed by atoms with van der Waals surface area (Å²) in [4.78, 5) is 26.8. The second-order valence-electron chi connectivity index (χ2n) is 6.93. The van der Waals surface area contributed by atoms with E-state index < -0.39 is 6.04 Å². The van der Waals surface area contributed by atoms with Gasteiger partial charge in [-0.25, -0.2) is 4.39 Å². The van der Waals surface area contributed by atoms with Gasteiger partial charge in [0.25, 0.3) is 0 Å². The second kappa shape index (κ2) is 10.9. The highest BCUT2D eigenvalue weighted by Crippen LogP contribution is 2.17. The SMILES string of the molecule is CC(C)NC(=O)[C@@H](C)N(Cc1ccccc1F)C(=O)CSCc1ccccc1. The summed E-state index contributed by atoms with van der Waals surface area (Å²) in [6, 6.07) is 15.5. The maximum absolute atomic E-state index is 14.1. The number of nitrogens with zero attached hydrogens (tertiary/aromatic N) is 1. The first-order valence-electron chi connectivity index (χ1n) is 9.33. The van der Waals surface area contributed by atoms with Crippen LogP contribution in [0.4, 0.5) is 4.39 Å². The van der Waals surface area contributed by atoms with E-state index in [9.17, 15) is 14.0 Å². The van der Waals surface area contributed by atoms with E-state index >= 15 is 0 Å². The van der Waals surface area contributed by atoms with Crippen LogP contribution in [0.1, 0.15) is 31.9 Å². The van der Waals surface area contributed by atoms with Gasteiger partial charge in [-0.15, -0.1) is 11.8 Å². The number of benzene rings is 2. The van der Waals surface area contributed by atoms with Gasteiger partial charge in [-0.05, 0) is 32.4 Å². The molecule has 0 unspecified atom stereocenters. The van der Waals surface area contributed by atoms with Crippen LogP contribution in [0.2, 0.25) is 0 Å². The van der Waals surface area contributed by atoms with Crippen molar-refractivity contribution in [3.8, 4) is 0 Å². The lowest BCUT2D eigenvalue weighted by molar-refractivity contribution is -0.138. The fraction of sp³-hybridized carbons (Fsp3) is 0.364. The van der Waals surface area contributed by atoms with Crippen molar-refractivity contribution in [1.29, 1.82) is 0 Å². The molecule has 2 aromatic rings. The minimum absolute atomic E-state index is 0.0344. The quantitative estimate of drug-likeness (QED) is 0.690. The molecule has 2 rings (SSSR count). The molecule has 28 heavy (non-hydrogen) atoms. The second-order valence-corrected chi connectivity index (χ2v) is 7.92. The number of rotatable bonds is 9. The van der Waals surface area contributed by atoms with E-state index in [1.807, 2.05) is 44.2 Å². The number of hydrogen-bond acceptors (Lipinski definition) is 3. The van der Waals surface area contributed by atoms with Crippen LogP contribution < -0.4 is 5.32 Å². The van der Waals surface area contributed by atoms with Gasteiger partial charge in [0.15, 0.2) is 0 Å².